The molecule has 56 valence electrons. The molecule has 0 aliphatic carbocycles. The summed E-state index contributed by atoms with van der Waals surface area (Å²) < 4.78 is 0.736. The van der Waals surface area contributed by atoms with Crippen LogP contribution in [0.3, 0.4) is 0 Å². The summed E-state index contributed by atoms with van der Waals surface area (Å²) in [6.07, 6.45) is 0. The molecule has 0 unspecified atom stereocenters. The zero-order chi connectivity index (χ0) is 7.56. The Hall–Kier alpha value is -1.36. The largest absolute Gasteiger partial charge is 0.492 e. The predicted octanol–water partition coefficient (Wildman–Crippen LogP) is -0.111. The fourth-order valence-electron chi connectivity index (χ4n) is 0.553. The van der Waals surface area contributed by atoms with Crippen molar-refractivity contribution in [2.45, 2.75) is 0 Å². The molecule has 1 aromatic rings. The summed E-state index contributed by atoms with van der Waals surface area (Å²) in [6.45, 7) is 0. The quantitative estimate of drug-likeness (QED) is 0.450. The smallest absolute Gasteiger partial charge is 0.233 e. The van der Waals surface area contributed by atoms with E-state index in [-0.39, 0.29) is 11.8 Å². The summed E-state index contributed by atoms with van der Waals surface area (Å²) >= 11 is 0. The van der Waals surface area contributed by atoms with Gasteiger partial charge in [-0.15, -0.1) is 0 Å². The molecule has 0 aliphatic rings. The maximum absolute atomic E-state index is 8.86. The van der Waals surface area contributed by atoms with Crippen molar-refractivity contribution in [3.8, 4) is 11.8 Å². The van der Waals surface area contributed by atoms with Gasteiger partial charge in [0.05, 0.1) is 7.11 Å². The summed E-state index contributed by atoms with van der Waals surface area (Å²) in [5, 5.41) is 17.7. The Labute approximate surface area is 56.9 Å². The standard InChI is InChI=1S/C5H7NO4/c1-9-10-6-4(7)2-3-5(6)8/h2-3,7-8H,1H3. The van der Waals surface area contributed by atoms with Crippen LogP contribution in [0.1, 0.15) is 0 Å². The first kappa shape index (κ1) is 6.76. The van der Waals surface area contributed by atoms with E-state index in [9.17, 15) is 0 Å². The Bertz CT molecular complexity index is 200. The van der Waals surface area contributed by atoms with E-state index in [2.05, 4.69) is 9.88 Å². The molecule has 1 heterocycles. The molecule has 1 aromatic heterocycles. The van der Waals surface area contributed by atoms with Crippen LogP contribution >= 0.6 is 0 Å². The van der Waals surface area contributed by atoms with E-state index in [0.29, 0.717) is 0 Å². The molecule has 0 spiro atoms. The van der Waals surface area contributed by atoms with Gasteiger partial charge in [0.2, 0.25) is 11.8 Å². The minimum atomic E-state index is -0.223. The SMILES string of the molecule is COOn1c(O)ccc1O. The van der Waals surface area contributed by atoms with Crippen molar-refractivity contribution in [3.05, 3.63) is 12.1 Å². The Kier molecular flexibility index (Phi) is 1.68. The van der Waals surface area contributed by atoms with Gasteiger partial charge in [0.1, 0.15) is 0 Å². The summed E-state index contributed by atoms with van der Waals surface area (Å²) in [5.41, 5.74) is 0. The fraction of sp³-hybridized carbons (Fsp3) is 0.200. The zero-order valence-corrected chi connectivity index (χ0v) is 5.31. The van der Waals surface area contributed by atoms with Crippen molar-refractivity contribution in [1.82, 2.24) is 4.73 Å². The van der Waals surface area contributed by atoms with Gasteiger partial charge in [0.25, 0.3) is 0 Å². The van der Waals surface area contributed by atoms with E-state index in [1.165, 1.54) is 19.2 Å². The van der Waals surface area contributed by atoms with Crippen LogP contribution < -0.4 is 4.99 Å². The van der Waals surface area contributed by atoms with Crippen molar-refractivity contribution in [1.29, 1.82) is 0 Å². The first-order chi connectivity index (χ1) is 4.75. The fourth-order valence-corrected chi connectivity index (χ4v) is 0.553. The van der Waals surface area contributed by atoms with E-state index >= 15 is 0 Å². The third kappa shape index (κ3) is 0.985. The average molecular weight is 145 g/mol. The lowest BCUT2D eigenvalue weighted by molar-refractivity contribution is -0.276. The first-order valence-corrected chi connectivity index (χ1v) is 2.56. The van der Waals surface area contributed by atoms with Gasteiger partial charge in [-0.2, -0.15) is 4.89 Å². The minimum absolute atomic E-state index is 0.223. The Morgan fingerprint density at radius 3 is 2.20 bits per heavy atom. The zero-order valence-electron chi connectivity index (χ0n) is 5.31. The normalized spacial score (nSPS) is 9.70. The third-order valence-electron chi connectivity index (χ3n) is 0.947. The second-order valence-electron chi connectivity index (χ2n) is 1.59. The van der Waals surface area contributed by atoms with Gasteiger partial charge in [-0.05, 0) is 0 Å². The summed E-state index contributed by atoms with van der Waals surface area (Å²) in [6, 6.07) is 2.54. The average Bonchev–Trinajstić information content (AvgIpc) is 2.20. The van der Waals surface area contributed by atoms with Crippen LogP contribution in [-0.4, -0.2) is 22.1 Å². The van der Waals surface area contributed by atoms with Crippen LogP contribution in [0.2, 0.25) is 0 Å². The van der Waals surface area contributed by atoms with Crippen LogP contribution in [0.15, 0.2) is 12.1 Å². The molecule has 5 heteroatoms. The van der Waals surface area contributed by atoms with Gasteiger partial charge in [0.15, 0.2) is 0 Å². The van der Waals surface area contributed by atoms with Gasteiger partial charge in [-0.3, -0.25) is 0 Å². The first-order valence-electron chi connectivity index (χ1n) is 2.56. The van der Waals surface area contributed by atoms with Gasteiger partial charge in [0, 0.05) is 12.1 Å². The predicted molar refractivity (Wildman–Crippen MR) is 31.4 cm³/mol. The highest BCUT2D eigenvalue weighted by Crippen LogP contribution is 2.18. The molecule has 0 saturated heterocycles. The number of nitrogens with zero attached hydrogens (tertiary/aromatic N) is 1. The molecule has 1 rings (SSSR count). The number of rotatable bonds is 2. The van der Waals surface area contributed by atoms with Crippen molar-refractivity contribution in [3.63, 3.8) is 0 Å². The number of hydrogen-bond donors (Lipinski definition) is 2. The lowest BCUT2D eigenvalue weighted by Crippen LogP contribution is -2.07. The van der Waals surface area contributed by atoms with Crippen LogP contribution in [0.25, 0.3) is 0 Å². The van der Waals surface area contributed by atoms with Crippen molar-refractivity contribution < 1.29 is 20.1 Å². The second-order valence-corrected chi connectivity index (χ2v) is 1.59. The van der Waals surface area contributed by atoms with Gasteiger partial charge < -0.3 is 10.2 Å². The second kappa shape index (κ2) is 2.49. The molecule has 2 N–H and O–H groups in total. The molecule has 5 nitrogen and oxygen atoms in total. The van der Waals surface area contributed by atoms with Crippen molar-refractivity contribution >= 4 is 0 Å². The Morgan fingerprint density at radius 2 is 1.80 bits per heavy atom. The van der Waals surface area contributed by atoms with E-state index in [0.717, 1.165) is 4.73 Å². The van der Waals surface area contributed by atoms with E-state index < -0.39 is 0 Å². The molecule has 0 atom stereocenters. The van der Waals surface area contributed by atoms with E-state index in [4.69, 9.17) is 10.2 Å². The van der Waals surface area contributed by atoms with Crippen LogP contribution in [0.4, 0.5) is 0 Å². The summed E-state index contributed by atoms with van der Waals surface area (Å²) in [5.74, 6) is -0.446. The Balaban J connectivity index is 2.87. The molecule has 0 aliphatic heterocycles. The van der Waals surface area contributed by atoms with E-state index in [1.807, 2.05) is 0 Å². The maximum atomic E-state index is 8.86. The highest BCUT2D eigenvalue weighted by Gasteiger charge is 2.05. The van der Waals surface area contributed by atoms with Crippen molar-refractivity contribution in [2.24, 2.45) is 0 Å². The number of aromatic hydroxyl groups is 2. The molecular formula is C5H7NO4. The molecule has 0 fully saturated rings. The van der Waals surface area contributed by atoms with Crippen LogP contribution in [-0.2, 0) is 4.89 Å². The highest BCUT2D eigenvalue weighted by molar-refractivity contribution is 5.21. The lowest BCUT2D eigenvalue weighted by atomic mass is 10.6. The van der Waals surface area contributed by atoms with Gasteiger partial charge in [-0.1, -0.05) is 4.73 Å². The minimum Gasteiger partial charge on any atom is -0.492 e. The van der Waals surface area contributed by atoms with Crippen LogP contribution in [0.5, 0.6) is 11.8 Å². The lowest BCUT2D eigenvalue weighted by Gasteiger charge is -2.01. The van der Waals surface area contributed by atoms with Gasteiger partial charge >= 0.3 is 0 Å². The molecule has 10 heavy (non-hydrogen) atoms. The molecule has 0 saturated carbocycles. The monoisotopic (exact) mass is 145 g/mol. The maximum Gasteiger partial charge on any atom is 0.233 e. The highest BCUT2D eigenvalue weighted by atomic mass is 17.3. The molecule has 0 radical (unpaired) electrons. The number of aromatic nitrogens is 1. The summed E-state index contributed by atoms with van der Waals surface area (Å²) in [7, 11) is 1.26. The third-order valence-corrected chi connectivity index (χ3v) is 0.947. The summed E-state index contributed by atoms with van der Waals surface area (Å²) in [4.78, 5) is 8.51. The molecular weight excluding hydrogens is 138 g/mol. The topological polar surface area (TPSA) is 63.9 Å². The van der Waals surface area contributed by atoms with Crippen molar-refractivity contribution in [2.75, 3.05) is 7.11 Å². The van der Waals surface area contributed by atoms with Gasteiger partial charge in [-0.25, -0.2) is 4.99 Å². The molecule has 0 bridgehead atoms. The van der Waals surface area contributed by atoms with Crippen LogP contribution in [0, 0.1) is 0 Å². The molecule has 0 amide bonds. The molecule has 0 aromatic carbocycles. The Morgan fingerprint density at radius 1 is 1.30 bits per heavy atom. The number of hydrogen-bond acceptors (Lipinski definition) is 4. The van der Waals surface area contributed by atoms with E-state index in [1.54, 1.807) is 0 Å².